The highest BCUT2D eigenvalue weighted by Gasteiger charge is 2.35. The van der Waals surface area contributed by atoms with Gasteiger partial charge in [-0.05, 0) is 41.7 Å². The first-order valence-electron chi connectivity index (χ1n) is 10.1. The summed E-state index contributed by atoms with van der Waals surface area (Å²) in [4.78, 5) is 22.1. The van der Waals surface area contributed by atoms with Gasteiger partial charge in [-0.25, -0.2) is 9.89 Å². The topological polar surface area (TPSA) is 35.9 Å². The lowest BCUT2D eigenvalue weighted by Gasteiger charge is -2.32. The molecule has 0 radical (unpaired) electrons. The smallest absolute Gasteiger partial charge is 0.283 e. The van der Waals surface area contributed by atoms with Gasteiger partial charge in [0.15, 0.2) is 0 Å². The Bertz CT molecular complexity index is 909. The van der Waals surface area contributed by atoms with Gasteiger partial charge in [-0.1, -0.05) is 75.7 Å². The number of anilines is 1. The van der Waals surface area contributed by atoms with Crippen LogP contribution in [0.2, 0.25) is 5.02 Å². The van der Waals surface area contributed by atoms with E-state index in [1.807, 2.05) is 60.7 Å². The molecule has 5 heteroatoms. The van der Waals surface area contributed by atoms with Crippen LogP contribution in [-0.2, 0) is 4.79 Å². The second kappa shape index (κ2) is 9.27. The molecule has 152 valence electrons. The molecule has 0 unspecified atom stereocenters. The summed E-state index contributed by atoms with van der Waals surface area (Å²) < 4.78 is 0. The molecule has 0 bridgehead atoms. The molecule has 0 spiro atoms. The van der Waals surface area contributed by atoms with Crippen LogP contribution in [0.3, 0.4) is 0 Å². The van der Waals surface area contributed by atoms with Crippen LogP contribution in [0.5, 0.6) is 0 Å². The first kappa shape index (κ1) is 21.1. The Labute approximate surface area is 178 Å². The van der Waals surface area contributed by atoms with Crippen LogP contribution in [0.4, 0.5) is 5.69 Å². The number of guanidine groups is 1. The Balaban J connectivity index is 2.08. The Morgan fingerprint density at radius 2 is 1.66 bits per heavy atom. The maximum absolute atomic E-state index is 13.4. The Kier molecular flexibility index (Phi) is 6.75. The lowest BCUT2D eigenvalue weighted by molar-refractivity contribution is -0.113. The summed E-state index contributed by atoms with van der Waals surface area (Å²) in [5.74, 6) is 1.41. The molecule has 4 nitrogen and oxygen atoms in total. The molecule has 0 saturated carbocycles. The predicted octanol–water partition coefficient (Wildman–Crippen LogP) is 5.70. The number of hydrogen-bond donors (Lipinski definition) is 0. The number of aliphatic imine (C=N–C) groups is 1. The lowest BCUT2D eigenvalue weighted by atomic mass is 10.1. The van der Waals surface area contributed by atoms with Crippen LogP contribution in [0.1, 0.15) is 33.3 Å². The summed E-state index contributed by atoms with van der Waals surface area (Å²) >= 11 is 6.23. The number of rotatable bonds is 6. The zero-order valence-electron chi connectivity index (χ0n) is 17.5. The highest BCUT2D eigenvalue weighted by atomic mass is 35.5. The number of carbonyl (C=O) groups excluding carboxylic acids is 1. The average molecular weight is 410 g/mol. The normalized spacial score (nSPS) is 15.6. The molecule has 29 heavy (non-hydrogen) atoms. The molecule has 0 N–H and O–H groups in total. The second-order valence-corrected chi connectivity index (χ2v) is 8.60. The second-order valence-electron chi connectivity index (χ2n) is 8.17. The molecule has 2 aromatic carbocycles. The maximum Gasteiger partial charge on any atom is 0.283 e. The standard InChI is InChI=1S/C24H28ClN3O/c1-17(2)15-27(16-18(3)4)24-26-22(13-19-9-6-5-7-10-19)23(29)28(24)21-12-8-11-20(25)14-21/h5-14,17-18H,15-16H2,1-4H3/b22-13-. The van der Waals surface area contributed by atoms with Gasteiger partial charge in [0.2, 0.25) is 5.96 Å². The molecule has 0 saturated heterocycles. The van der Waals surface area contributed by atoms with Gasteiger partial charge in [-0.3, -0.25) is 4.79 Å². The van der Waals surface area contributed by atoms with Crippen molar-refractivity contribution in [2.45, 2.75) is 27.7 Å². The van der Waals surface area contributed by atoms with Crippen molar-refractivity contribution >= 4 is 35.2 Å². The Hall–Kier alpha value is -2.59. The largest absolute Gasteiger partial charge is 0.341 e. The van der Waals surface area contributed by atoms with E-state index in [4.69, 9.17) is 16.6 Å². The van der Waals surface area contributed by atoms with Crippen LogP contribution in [0, 0.1) is 11.8 Å². The maximum atomic E-state index is 13.4. The van der Waals surface area contributed by atoms with E-state index in [9.17, 15) is 4.79 Å². The van der Waals surface area contributed by atoms with Crippen molar-refractivity contribution in [1.29, 1.82) is 0 Å². The molecule has 1 heterocycles. The number of amides is 1. The van der Waals surface area contributed by atoms with E-state index in [0.29, 0.717) is 28.5 Å². The van der Waals surface area contributed by atoms with Crippen molar-refractivity contribution in [2.24, 2.45) is 16.8 Å². The molecule has 0 aromatic heterocycles. The minimum atomic E-state index is -0.136. The molecular weight excluding hydrogens is 382 g/mol. The van der Waals surface area contributed by atoms with Crippen molar-refractivity contribution in [1.82, 2.24) is 4.90 Å². The average Bonchev–Trinajstić information content (AvgIpc) is 2.97. The van der Waals surface area contributed by atoms with Gasteiger partial charge in [0.1, 0.15) is 5.70 Å². The van der Waals surface area contributed by atoms with Crippen molar-refractivity contribution in [3.63, 3.8) is 0 Å². The molecule has 0 fully saturated rings. The van der Waals surface area contributed by atoms with Gasteiger partial charge in [-0.2, -0.15) is 0 Å². The number of halogens is 1. The van der Waals surface area contributed by atoms with Gasteiger partial charge in [0.25, 0.3) is 5.91 Å². The minimum absolute atomic E-state index is 0.136. The number of nitrogens with zero attached hydrogens (tertiary/aromatic N) is 3. The SMILES string of the molecule is CC(C)CN(CC(C)C)C1=N/C(=C\c2ccccc2)C(=O)N1c1cccc(Cl)c1. The summed E-state index contributed by atoms with van der Waals surface area (Å²) in [6.45, 7) is 10.3. The molecular formula is C24H28ClN3O. The predicted molar refractivity (Wildman–Crippen MR) is 122 cm³/mol. The molecule has 1 amide bonds. The van der Waals surface area contributed by atoms with Gasteiger partial charge < -0.3 is 4.90 Å². The van der Waals surface area contributed by atoms with Gasteiger partial charge in [0, 0.05) is 18.1 Å². The number of benzene rings is 2. The fraction of sp³-hybridized carbons (Fsp3) is 0.333. The first-order valence-corrected chi connectivity index (χ1v) is 10.4. The van der Waals surface area contributed by atoms with Crippen LogP contribution in [0.15, 0.2) is 65.3 Å². The van der Waals surface area contributed by atoms with E-state index >= 15 is 0 Å². The highest BCUT2D eigenvalue weighted by Crippen LogP contribution is 2.29. The van der Waals surface area contributed by atoms with Gasteiger partial charge in [0.05, 0.1) is 5.69 Å². The van der Waals surface area contributed by atoms with E-state index in [-0.39, 0.29) is 5.91 Å². The molecule has 2 aromatic rings. The third-order valence-electron chi connectivity index (χ3n) is 4.47. The lowest BCUT2D eigenvalue weighted by Crippen LogP contribution is -2.47. The van der Waals surface area contributed by atoms with Gasteiger partial charge in [-0.15, -0.1) is 0 Å². The van der Waals surface area contributed by atoms with E-state index in [1.165, 1.54) is 0 Å². The monoisotopic (exact) mass is 409 g/mol. The zero-order valence-corrected chi connectivity index (χ0v) is 18.2. The molecule has 1 aliphatic rings. The van der Waals surface area contributed by atoms with Crippen LogP contribution < -0.4 is 4.90 Å². The van der Waals surface area contributed by atoms with Crippen molar-refractivity contribution in [3.8, 4) is 0 Å². The van der Waals surface area contributed by atoms with Crippen LogP contribution in [-0.4, -0.2) is 29.9 Å². The van der Waals surface area contributed by atoms with Gasteiger partial charge >= 0.3 is 0 Å². The van der Waals surface area contributed by atoms with E-state index in [0.717, 1.165) is 24.3 Å². The van der Waals surface area contributed by atoms with Crippen molar-refractivity contribution in [2.75, 3.05) is 18.0 Å². The Morgan fingerprint density at radius 1 is 1.00 bits per heavy atom. The Morgan fingerprint density at radius 3 is 2.24 bits per heavy atom. The third-order valence-corrected chi connectivity index (χ3v) is 4.70. The fourth-order valence-corrected chi connectivity index (χ4v) is 3.58. The highest BCUT2D eigenvalue weighted by molar-refractivity contribution is 6.32. The molecule has 3 rings (SSSR count). The summed E-state index contributed by atoms with van der Waals surface area (Å²) in [7, 11) is 0. The minimum Gasteiger partial charge on any atom is -0.341 e. The van der Waals surface area contributed by atoms with E-state index in [1.54, 1.807) is 4.90 Å². The first-order chi connectivity index (χ1) is 13.8. The summed E-state index contributed by atoms with van der Waals surface area (Å²) in [5, 5.41) is 0.592. The zero-order chi connectivity index (χ0) is 21.0. The van der Waals surface area contributed by atoms with Crippen molar-refractivity contribution in [3.05, 3.63) is 70.9 Å². The third kappa shape index (κ3) is 5.27. The van der Waals surface area contributed by atoms with Crippen molar-refractivity contribution < 1.29 is 4.79 Å². The summed E-state index contributed by atoms with van der Waals surface area (Å²) in [6.07, 6.45) is 1.84. The van der Waals surface area contributed by atoms with E-state index < -0.39 is 0 Å². The van der Waals surface area contributed by atoms with Crippen LogP contribution >= 0.6 is 11.6 Å². The quantitative estimate of drug-likeness (QED) is 0.574. The van der Waals surface area contributed by atoms with Crippen LogP contribution in [0.25, 0.3) is 6.08 Å². The molecule has 0 atom stereocenters. The molecule has 0 aliphatic carbocycles. The number of hydrogen-bond acceptors (Lipinski definition) is 3. The summed E-state index contributed by atoms with van der Waals surface area (Å²) in [6, 6.07) is 17.2. The summed E-state index contributed by atoms with van der Waals surface area (Å²) in [5.41, 5.74) is 2.12. The number of carbonyl (C=O) groups is 1. The molecule has 1 aliphatic heterocycles. The fourth-order valence-electron chi connectivity index (χ4n) is 3.39. The van der Waals surface area contributed by atoms with E-state index in [2.05, 4.69) is 32.6 Å².